The monoisotopic (exact) mass is 464 g/mol. The SMILES string of the molecule is CC(C)(C)[Si](OCC(F)COS(=O)(=O)C(F)(F)F)(c1ccccc1)c1ccccc1. The second-order valence-electron chi connectivity index (χ2n) is 7.76. The summed E-state index contributed by atoms with van der Waals surface area (Å²) in [4.78, 5) is 0. The van der Waals surface area contributed by atoms with Crippen LogP contribution in [0.4, 0.5) is 17.6 Å². The predicted molar refractivity (Wildman–Crippen MR) is 109 cm³/mol. The van der Waals surface area contributed by atoms with Crippen LogP contribution in [0.3, 0.4) is 0 Å². The quantitative estimate of drug-likeness (QED) is 0.258. The highest BCUT2D eigenvalue weighted by Crippen LogP contribution is 2.37. The minimum absolute atomic E-state index is 0.464. The molecule has 0 bridgehead atoms. The highest BCUT2D eigenvalue weighted by molar-refractivity contribution is 7.87. The van der Waals surface area contributed by atoms with Gasteiger partial charge in [-0.15, -0.1) is 0 Å². The lowest BCUT2D eigenvalue weighted by Gasteiger charge is -2.43. The summed E-state index contributed by atoms with van der Waals surface area (Å²) >= 11 is 0. The van der Waals surface area contributed by atoms with Crippen LogP contribution < -0.4 is 10.4 Å². The molecule has 2 aromatic carbocycles. The molecular weight excluding hydrogens is 440 g/mol. The molecule has 4 nitrogen and oxygen atoms in total. The summed E-state index contributed by atoms with van der Waals surface area (Å²) < 4.78 is 83.6. The van der Waals surface area contributed by atoms with E-state index in [0.717, 1.165) is 10.4 Å². The van der Waals surface area contributed by atoms with Gasteiger partial charge in [-0.2, -0.15) is 21.6 Å². The van der Waals surface area contributed by atoms with E-state index in [-0.39, 0.29) is 0 Å². The van der Waals surface area contributed by atoms with Gasteiger partial charge in [0.05, 0.1) is 6.61 Å². The van der Waals surface area contributed by atoms with Gasteiger partial charge in [0.2, 0.25) is 0 Å². The maximum Gasteiger partial charge on any atom is 0.523 e. The van der Waals surface area contributed by atoms with Crippen LogP contribution in [0.2, 0.25) is 5.04 Å². The second-order valence-corrected chi connectivity index (χ2v) is 13.7. The lowest BCUT2D eigenvalue weighted by atomic mass is 10.2. The van der Waals surface area contributed by atoms with Crippen LogP contribution in [0, 0.1) is 0 Å². The van der Waals surface area contributed by atoms with Gasteiger partial charge in [0.1, 0.15) is 12.8 Å². The maximum atomic E-state index is 14.4. The molecule has 0 aliphatic rings. The van der Waals surface area contributed by atoms with Gasteiger partial charge < -0.3 is 4.43 Å². The van der Waals surface area contributed by atoms with Crippen molar-refractivity contribution in [2.75, 3.05) is 13.2 Å². The smallest absolute Gasteiger partial charge is 0.404 e. The lowest BCUT2D eigenvalue weighted by molar-refractivity contribution is -0.0557. The van der Waals surface area contributed by atoms with Crippen molar-refractivity contribution in [2.45, 2.75) is 37.5 Å². The average molecular weight is 465 g/mol. The van der Waals surface area contributed by atoms with Gasteiger partial charge in [-0.25, -0.2) is 4.39 Å². The molecule has 166 valence electrons. The average Bonchev–Trinajstić information content (AvgIpc) is 2.66. The van der Waals surface area contributed by atoms with E-state index in [1.165, 1.54) is 0 Å². The topological polar surface area (TPSA) is 52.6 Å². The number of halogens is 4. The summed E-state index contributed by atoms with van der Waals surface area (Å²) in [6, 6.07) is 18.5. The summed E-state index contributed by atoms with van der Waals surface area (Å²) in [6.07, 6.45) is -2.07. The van der Waals surface area contributed by atoms with Crippen molar-refractivity contribution in [3.05, 3.63) is 60.7 Å². The van der Waals surface area contributed by atoms with Gasteiger partial charge in [0, 0.05) is 0 Å². The number of benzene rings is 2. The number of hydrogen-bond donors (Lipinski definition) is 0. The fraction of sp³-hybridized carbons (Fsp3) is 0.400. The highest BCUT2D eigenvalue weighted by Gasteiger charge is 2.51. The minimum atomic E-state index is -5.86. The third-order valence-electron chi connectivity index (χ3n) is 4.59. The summed E-state index contributed by atoms with van der Waals surface area (Å²) in [5.74, 6) is 0. The summed E-state index contributed by atoms with van der Waals surface area (Å²) in [6.45, 7) is 3.98. The molecule has 0 aliphatic carbocycles. The third kappa shape index (κ3) is 5.29. The van der Waals surface area contributed by atoms with Crippen molar-refractivity contribution in [3.8, 4) is 0 Å². The predicted octanol–water partition coefficient (Wildman–Crippen LogP) is 3.77. The Morgan fingerprint density at radius 3 is 1.67 bits per heavy atom. The molecule has 2 rings (SSSR count). The zero-order chi connectivity index (χ0) is 22.6. The van der Waals surface area contributed by atoms with Crippen molar-refractivity contribution in [1.82, 2.24) is 0 Å². The molecule has 0 saturated carbocycles. The molecule has 0 aromatic heterocycles. The Hall–Kier alpha value is -1.75. The van der Waals surface area contributed by atoms with E-state index >= 15 is 0 Å². The molecule has 0 fully saturated rings. The highest BCUT2D eigenvalue weighted by atomic mass is 32.2. The Bertz CT molecular complexity index is 874. The van der Waals surface area contributed by atoms with Gasteiger partial charge in [-0.05, 0) is 15.4 Å². The van der Waals surface area contributed by atoms with E-state index < -0.39 is 48.4 Å². The minimum Gasteiger partial charge on any atom is -0.404 e. The lowest BCUT2D eigenvalue weighted by Crippen LogP contribution is -2.67. The fourth-order valence-electron chi connectivity index (χ4n) is 3.26. The van der Waals surface area contributed by atoms with E-state index in [2.05, 4.69) is 4.18 Å². The van der Waals surface area contributed by atoms with E-state index in [1.807, 2.05) is 81.4 Å². The molecule has 0 amide bonds. The first-order chi connectivity index (χ1) is 13.8. The number of hydrogen-bond acceptors (Lipinski definition) is 4. The Morgan fingerprint density at radius 1 is 0.867 bits per heavy atom. The zero-order valence-corrected chi connectivity index (χ0v) is 18.6. The molecular formula is C20H24F4O4SSi. The first kappa shape index (κ1) is 24.5. The van der Waals surface area contributed by atoms with Crippen LogP contribution in [0.5, 0.6) is 0 Å². The fourth-order valence-corrected chi connectivity index (χ4v) is 8.30. The molecule has 30 heavy (non-hydrogen) atoms. The zero-order valence-electron chi connectivity index (χ0n) is 16.8. The van der Waals surface area contributed by atoms with Gasteiger partial charge in [-0.1, -0.05) is 81.4 Å². The Labute approximate surface area is 175 Å². The molecule has 1 atom stereocenters. The molecule has 0 spiro atoms. The summed E-state index contributed by atoms with van der Waals surface area (Å²) in [5, 5.41) is 1.26. The van der Waals surface area contributed by atoms with Crippen molar-refractivity contribution in [1.29, 1.82) is 0 Å². The summed E-state index contributed by atoms with van der Waals surface area (Å²) in [7, 11) is -8.95. The van der Waals surface area contributed by atoms with E-state index in [1.54, 1.807) is 0 Å². The van der Waals surface area contributed by atoms with Crippen molar-refractivity contribution < 1.29 is 34.6 Å². The van der Waals surface area contributed by atoms with Crippen LogP contribution in [-0.4, -0.2) is 41.6 Å². The van der Waals surface area contributed by atoms with Gasteiger partial charge in [0.15, 0.2) is 0 Å². The van der Waals surface area contributed by atoms with E-state index in [4.69, 9.17) is 4.43 Å². The largest absolute Gasteiger partial charge is 0.523 e. The van der Waals surface area contributed by atoms with Crippen LogP contribution in [0.15, 0.2) is 60.7 Å². The molecule has 10 heteroatoms. The van der Waals surface area contributed by atoms with Crippen molar-refractivity contribution in [3.63, 3.8) is 0 Å². The molecule has 0 saturated heterocycles. The van der Waals surface area contributed by atoms with Gasteiger partial charge in [0.25, 0.3) is 8.32 Å². The van der Waals surface area contributed by atoms with E-state index in [0.29, 0.717) is 0 Å². The van der Waals surface area contributed by atoms with Crippen LogP contribution in [0.1, 0.15) is 20.8 Å². The van der Waals surface area contributed by atoms with Crippen LogP contribution >= 0.6 is 0 Å². The number of alkyl halides is 4. The second kappa shape index (κ2) is 9.17. The first-order valence-electron chi connectivity index (χ1n) is 9.16. The Morgan fingerprint density at radius 2 is 1.30 bits per heavy atom. The van der Waals surface area contributed by atoms with Crippen molar-refractivity contribution >= 4 is 28.8 Å². The molecule has 0 heterocycles. The summed E-state index contributed by atoms with van der Waals surface area (Å²) in [5.41, 5.74) is -5.61. The van der Waals surface area contributed by atoms with Crippen LogP contribution in [-0.2, 0) is 18.7 Å². The Kier molecular flexibility index (Phi) is 7.49. The first-order valence-corrected chi connectivity index (χ1v) is 12.5. The maximum absolute atomic E-state index is 14.4. The third-order valence-corrected chi connectivity index (χ3v) is 10.6. The van der Waals surface area contributed by atoms with E-state index in [9.17, 15) is 26.0 Å². The molecule has 2 aromatic rings. The molecule has 0 radical (unpaired) electrons. The molecule has 0 aliphatic heterocycles. The van der Waals surface area contributed by atoms with Crippen LogP contribution in [0.25, 0.3) is 0 Å². The Balaban J connectivity index is 2.33. The standard InChI is InChI=1S/C20H24F4O4SSi/c1-19(2,3)30(17-10-6-4-7-11-17,18-12-8-5-9-13-18)28-15-16(21)14-27-29(25,26)20(22,23)24/h4-13,16H,14-15H2,1-3H3. The normalized spacial score (nSPS) is 14.5. The van der Waals surface area contributed by atoms with Gasteiger partial charge in [-0.3, -0.25) is 4.18 Å². The van der Waals surface area contributed by atoms with Crippen molar-refractivity contribution in [2.24, 2.45) is 0 Å². The molecule has 1 unspecified atom stereocenters. The molecule has 0 N–H and O–H groups in total. The number of rotatable bonds is 8. The van der Waals surface area contributed by atoms with Gasteiger partial charge >= 0.3 is 15.6 Å².